The number of nitrogens with zero attached hydrogens (tertiary/aromatic N) is 2. The average molecular weight is 413 g/mol. The van der Waals surface area contributed by atoms with Crippen molar-refractivity contribution < 1.29 is 31.9 Å². The van der Waals surface area contributed by atoms with Crippen LogP contribution in [0, 0.1) is 0 Å². The number of anilines is 1. The van der Waals surface area contributed by atoms with Crippen molar-refractivity contribution in [2.24, 2.45) is 0 Å². The van der Waals surface area contributed by atoms with E-state index in [1.165, 1.54) is 30.5 Å². The molecular weight excluding hydrogens is 399 g/mol. The molecule has 0 bridgehead atoms. The van der Waals surface area contributed by atoms with Gasteiger partial charge in [-0.15, -0.1) is 17.5 Å². The van der Waals surface area contributed by atoms with Gasteiger partial charge in [0.1, 0.15) is 17.8 Å². The Kier molecular flexibility index (Phi) is 5.54. The van der Waals surface area contributed by atoms with Crippen LogP contribution in [-0.4, -0.2) is 27.7 Å². The largest absolute Gasteiger partial charge is 0.573 e. The zero-order chi connectivity index (χ0) is 20.3. The van der Waals surface area contributed by atoms with Crippen LogP contribution < -0.4 is 14.8 Å². The van der Waals surface area contributed by atoms with Gasteiger partial charge < -0.3 is 13.9 Å². The summed E-state index contributed by atoms with van der Waals surface area (Å²) in [5.74, 6) is -0.692. The third-order valence-electron chi connectivity index (χ3n) is 3.18. The molecule has 1 N–H and O–H groups in total. The number of aromatic nitrogens is 2. The number of nitrogens with one attached hydrogen (secondary N) is 1. The molecule has 148 valence electrons. The molecule has 0 atom stereocenters. The van der Waals surface area contributed by atoms with Crippen LogP contribution in [0.25, 0.3) is 11.3 Å². The second-order valence-corrected chi connectivity index (χ2v) is 6.53. The fourth-order valence-corrected chi connectivity index (χ4v) is 2.65. The Bertz CT molecular complexity index is 968. The van der Waals surface area contributed by atoms with Crippen LogP contribution in [0.1, 0.15) is 24.2 Å². The smallest absolute Gasteiger partial charge is 0.464 e. The molecule has 11 heteroatoms. The second-order valence-electron chi connectivity index (χ2n) is 5.78. The second kappa shape index (κ2) is 7.89. The van der Waals surface area contributed by atoms with E-state index in [0.29, 0.717) is 5.56 Å². The average Bonchev–Trinajstić information content (AvgIpc) is 3.22. The maximum atomic E-state index is 12.3. The fraction of sp³-hybridized carbons (Fsp3) is 0.235. The quantitative estimate of drug-likeness (QED) is 0.628. The predicted molar refractivity (Wildman–Crippen MR) is 94.5 cm³/mol. The highest BCUT2D eigenvalue weighted by atomic mass is 32.1. The maximum absolute atomic E-state index is 12.3. The van der Waals surface area contributed by atoms with Gasteiger partial charge >= 0.3 is 12.4 Å². The van der Waals surface area contributed by atoms with Gasteiger partial charge in [0, 0.05) is 17.1 Å². The fourth-order valence-electron chi connectivity index (χ4n) is 2.14. The molecule has 0 saturated carbocycles. The van der Waals surface area contributed by atoms with Crippen LogP contribution in [0.2, 0.25) is 0 Å². The highest BCUT2D eigenvalue weighted by molar-refractivity contribution is 7.10. The van der Waals surface area contributed by atoms with Gasteiger partial charge in [-0.1, -0.05) is 12.1 Å². The molecular formula is C17H14F3N3O4S. The van der Waals surface area contributed by atoms with Crippen LogP contribution in [0.5, 0.6) is 11.8 Å². The van der Waals surface area contributed by atoms with E-state index >= 15 is 0 Å². The third kappa shape index (κ3) is 5.22. The number of benzene rings is 1. The minimum atomic E-state index is -4.80. The van der Waals surface area contributed by atoms with Gasteiger partial charge in [-0.2, -0.15) is 4.98 Å². The summed E-state index contributed by atoms with van der Waals surface area (Å²) in [6.45, 7) is 3.64. The lowest BCUT2D eigenvalue weighted by molar-refractivity contribution is -0.274. The van der Waals surface area contributed by atoms with Crippen molar-refractivity contribution in [3.63, 3.8) is 0 Å². The molecule has 0 aliphatic heterocycles. The van der Waals surface area contributed by atoms with Crippen molar-refractivity contribution in [2.45, 2.75) is 26.3 Å². The van der Waals surface area contributed by atoms with Gasteiger partial charge in [0.05, 0.1) is 11.7 Å². The molecule has 1 amide bonds. The summed E-state index contributed by atoms with van der Waals surface area (Å²) in [6, 6.07) is 6.80. The van der Waals surface area contributed by atoms with E-state index in [-0.39, 0.29) is 34.3 Å². The Morgan fingerprint density at radius 2 is 2.07 bits per heavy atom. The molecule has 3 rings (SSSR count). The van der Waals surface area contributed by atoms with Gasteiger partial charge in [0.15, 0.2) is 0 Å². The number of amides is 1. The molecule has 0 radical (unpaired) electrons. The predicted octanol–water partition coefficient (Wildman–Crippen LogP) is 4.74. The number of furan rings is 1. The molecule has 0 spiro atoms. The molecule has 1 aromatic carbocycles. The summed E-state index contributed by atoms with van der Waals surface area (Å²) in [5, 5.41) is 2.79. The van der Waals surface area contributed by atoms with E-state index in [0.717, 1.165) is 17.6 Å². The first-order valence-corrected chi connectivity index (χ1v) is 8.73. The molecule has 2 heterocycles. The summed E-state index contributed by atoms with van der Waals surface area (Å²) in [7, 11) is 0. The lowest BCUT2D eigenvalue weighted by Gasteiger charge is -2.09. The number of halogens is 3. The lowest BCUT2D eigenvalue weighted by Crippen LogP contribution is -2.17. The van der Waals surface area contributed by atoms with Gasteiger partial charge in [-0.25, -0.2) is 0 Å². The minimum Gasteiger partial charge on any atom is -0.464 e. The summed E-state index contributed by atoms with van der Waals surface area (Å²) in [6.07, 6.45) is -3.71. The molecule has 0 aliphatic rings. The van der Waals surface area contributed by atoms with Gasteiger partial charge in [0.2, 0.25) is 5.13 Å². The van der Waals surface area contributed by atoms with Crippen LogP contribution >= 0.6 is 11.5 Å². The van der Waals surface area contributed by atoms with Crippen molar-refractivity contribution in [2.75, 3.05) is 5.32 Å². The number of rotatable bonds is 6. The number of hydrogen-bond acceptors (Lipinski definition) is 7. The van der Waals surface area contributed by atoms with Crippen molar-refractivity contribution in [1.29, 1.82) is 0 Å². The van der Waals surface area contributed by atoms with Crippen molar-refractivity contribution >= 4 is 22.6 Å². The van der Waals surface area contributed by atoms with Crippen molar-refractivity contribution in [3.8, 4) is 23.1 Å². The summed E-state index contributed by atoms with van der Waals surface area (Å²) >= 11 is 0.953. The zero-order valence-corrected chi connectivity index (χ0v) is 15.4. The molecule has 7 nitrogen and oxygen atoms in total. The van der Waals surface area contributed by atoms with E-state index in [4.69, 9.17) is 9.15 Å². The van der Waals surface area contributed by atoms with E-state index in [1.807, 2.05) is 13.8 Å². The zero-order valence-electron chi connectivity index (χ0n) is 14.6. The molecule has 2 aromatic heterocycles. The SMILES string of the molecule is CC(C)Oc1nsc(NC(=O)c2coc(-c3cccc(OC(F)(F)F)c3)c2)n1. The van der Waals surface area contributed by atoms with Gasteiger partial charge in [-0.3, -0.25) is 10.1 Å². The topological polar surface area (TPSA) is 86.5 Å². The highest BCUT2D eigenvalue weighted by Gasteiger charge is 2.31. The van der Waals surface area contributed by atoms with Gasteiger partial charge in [0.25, 0.3) is 5.91 Å². The Hall–Kier alpha value is -3.08. The Morgan fingerprint density at radius 1 is 1.29 bits per heavy atom. The van der Waals surface area contributed by atoms with E-state index in [1.54, 1.807) is 0 Å². The Balaban J connectivity index is 1.70. The normalized spacial score (nSPS) is 11.5. The molecule has 0 unspecified atom stereocenters. The summed E-state index contributed by atoms with van der Waals surface area (Å²) < 4.78 is 55.5. The van der Waals surface area contributed by atoms with Crippen LogP contribution in [-0.2, 0) is 0 Å². The standard InChI is InChI=1S/C17H14F3N3O4S/c1-9(2)26-15-22-16(28-23-15)21-14(24)11-7-13(25-8-11)10-4-3-5-12(6-10)27-17(18,19)20/h3-9H,1-2H3,(H,21,22,23,24). The lowest BCUT2D eigenvalue weighted by atomic mass is 10.1. The first-order chi connectivity index (χ1) is 13.2. The summed E-state index contributed by atoms with van der Waals surface area (Å²) in [5.41, 5.74) is 0.489. The number of ether oxygens (including phenoxy) is 2. The van der Waals surface area contributed by atoms with E-state index in [2.05, 4.69) is 19.4 Å². The van der Waals surface area contributed by atoms with Crippen molar-refractivity contribution in [1.82, 2.24) is 9.36 Å². The number of carbonyl (C=O) groups excluding carboxylic acids is 1. The van der Waals surface area contributed by atoms with Crippen molar-refractivity contribution in [3.05, 3.63) is 42.2 Å². The third-order valence-corrected chi connectivity index (χ3v) is 3.80. The van der Waals surface area contributed by atoms with E-state index in [9.17, 15) is 18.0 Å². The molecule has 0 aliphatic carbocycles. The first kappa shape index (κ1) is 19.7. The van der Waals surface area contributed by atoms with Crippen LogP contribution in [0.15, 0.2) is 41.0 Å². The first-order valence-electron chi connectivity index (χ1n) is 7.96. The number of carbonyl (C=O) groups is 1. The molecule has 28 heavy (non-hydrogen) atoms. The van der Waals surface area contributed by atoms with Gasteiger partial charge in [-0.05, 0) is 32.0 Å². The Labute approximate surface area is 161 Å². The monoisotopic (exact) mass is 413 g/mol. The summed E-state index contributed by atoms with van der Waals surface area (Å²) in [4.78, 5) is 16.3. The molecule has 0 fully saturated rings. The Morgan fingerprint density at radius 3 is 2.79 bits per heavy atom. The maximum Gasteiger partial charge on any atom is 0.573 e. The molecule has 0 saturated heterocycles. The highest BCUT2D eigenvalue weighted by Crippen LogP contribution is 2.29. The number of alkyl halides is 3. The van der Waals surface area contributed by atoms with Crippen LogP contribution in [0.4, 0.5) is 18.3 Å². The molecule has 3 aromatic rings. The van der Waals surface area contributed by atoms with Crippen LogP contribution in [0.3, 0.4) is 0 Å². The minimum absolute atomic E-state index is 0.105. The number of hydrogen-bond donors (Lipinski definition) is 1. The van der Waals surface area contributed by atoms with E-state index < -0.39 is 12.3 Å².